The van der Waals surface area contributed by atoms with Crippen LogP contribution in [0.4, 0.5) is 5.13 Å². The number of aromatic nitrogens is 1. The van der Waals surface area contributed by atoms with E-state index in [1.807, 2.05) is 41.8 Å². The number of nitrogens with one attached hydrogen (secondary N) is 1. The van der Waals surface area contributed by atoms with Gasteiger partial charge in [0.1, 0.15) is 5.75 Å². The molecule has 1 N–H and O–H groups in total. The molecule has 0 radical (unpaired) electrons. The number of ether oxygens (including phenoxy) is 1. The maximum absolute atomic E-state index is 12.3. The number of rotatable bonds is 6. The van der Waals surface area contributed by atoms with Gasteiger partial charge in [0.15, 0.2) is 5.13 Å². The molecule has 1 aromatic heterocycles. The number of nitrogens with zero attached hydrogens (tertiary/aromatic N) is 1. The molecular weight excluding hydrogens is 400 g/mol. The lowest BCUT2D eigenvalue weighted by Gasteiger charge is -2.04. The van der Waals surface area contributed by atoms with Crippen molar-refractivity contribution in [3.8, 4) is 17.0 Å². The summed E-state index contributed by atoms with van der Waals surface area (Å²) in [7, 11) is 0. The quantitative estimate of drug-likeness (QED) is 0.567. The highest BCUT2D eigenvalue weighted by atomic mass is 79.9. The fourth-order valence-corrected chi connectivity index (χ4v) is 3.32. The Morgan fingerprint density at radius 1 is 1.24 bits per heavy atom. The van der Waals surface area contributed by atoms with E-state index in [9.17, 15) is 4.79 Å². The van der Waals surface area contributed by atoms with Crippen molar-refractivity contribution >= 4 is 38.3 Å². The molecule has 0 aliphatic rings. The van der Waals surface area contributed by atoms with Crippen LogP contribution in [-0.4, -0.2) is 17.5 Å². The third-order valence-electron chi connectivity index (χ3n) is 3.43. The van der Waals surface area contributed by atoms with Crippen molar-refractivity contribution in [1.82, 2.24) is 4.98 Å². The Labute approximate surface area is 159 Å². The number of thiazole rings is 1. The minimum Gasteiger partial charge on any atom is -0.494 e. The van der Waals surface area contributed by atoms with E-state index in [1.54, 1.807) is 12.1 Å². The number of amides is 1. The second kappa shape index (κ2) is 8.27. The topological polar surface area (TPSA) is 51.2 Å². The standard InChI is InChI=1S/C19H17BrN2O2S/c1-2-10-24-16-8-6-13(7-9-16)17-12-25-19(21-17)22-18(23)14-4-3-5-15(20)11-14/h3-9,11-12H,2,10H2,1H3,(H,21,22,23). The third-order valence-corrected chi connectivity index (χ3v) is 4.69. The first-order chi connectivity index (χ1) is 12.2. The highest BCUT2D eigenvalue weighted by Crippen LogP contribution is 2.27. The largest absolute Gasteiger partial charge is 0.494 e. The summed E-state index contributed by atoms with van der Waals surface area (Å²) in [5.41, 5.74) is 2.41. The first-order valence-corrected chi connectivity index (χ1v) is 9.58. The number of carbonyl (C=O) groups excluding carboxylic acids is 1. The first-order valence-electron chi connectivity index (χ1n) is 7.91. The van der Waals surface area contributed by atoms with Crippen LogP contribution in [-0.2, 0) is 0 Å². The molecule has 1 heterocycles. The molecule has 25 heavy (non-hydrogen) atoms. The third kappa shape index (κ3) is 4.67. The summed E-state index contributed by atoms with van der Waals surface area (Å²) < 4.78 is 6.45. The molecule has 2 aromatic carbocycles. The highest BCUT2D eigenvalue weighted by molar-refractivity contribution is 9.10. The van der Waals surface area contributed by atoms with E-state index in [4.69, 9.17) is 4.74 Å². The van der Waals surface area contributed by atoms with Gasteiger partial charge in [0.2, 0.25) is 0 Å². The predicted molar refractivity (Wildman–Crippen MR) is 105 cm³/mol. The van der Waals surface area contributed by atoms with E-state index in [-0.39, 0.29) is 5.91 Å². The Bertz CT molecular complexity index is 862. The lowest BCUT2D eigenvalue weighted by atomic mass is 10.2. The summed E-state index contributed by atoms with van der Waals surface area (Å²) >= 11 is 4.77. The van der Waals surface area contributed by atoms with Gasteiger partial charge in [-0.1, -0.05) is 28.9 Å². The van der Waals surface area contributed by atoms with E-state index in [0.29, 0.717) is 17.3 Å². The summed E-state index contributed by atoms with van der Waals surface area (Å²) in [5, 5.41) is 5.34. The van der Waals surface area contributed by atoms with Crippen molar-refractivity contribution in [2.45, 2.75) is 13.3 Å². The minimum absolute atomic E-state index is 0.175. The van der Waals surface area contributed by atoms with Crippen LogP contribution >= 0.6 is 27.3 Å². The smallest absolute Gasteiger partial charge is 0.257 e. The molecule has 0 aliphatic heterocycles. The molecule has 4 nitrogen and oxygen atoms in total. The van der Waals surface area contributed by atoms with Gasteiger partial charge in [-0.05, 0) is 48.9 Å². The first kappa shape index (κ1) is 17.6. The van der Waals surface area contributed by atoms with Crippen LogP contribution in [0.2, 0.25) is 0 Å². The molecule has 0 saturated carbocycles. The Balaban J connectivity index is 1.68. The average Bonchev–Trinajstić information content (AvgIpc) is 3.09. The Morgan fingerprint density at radius 3 is 2.76 bits per heavy atom. The number of halogens is 1. The van der Waals surface area contributed by atoms with Gasteiger partial charge in [-0.25, -0.2) is 4.98 Å². The van der Waals surface area contributed by atoms with Crippen LogP contribution in [0, 0.1) is 0 Å². The van der Waals surface area contributed by atoms with Crippen molar-refractivity contribution < 1.29 is 9.53 Å². The normalized spacial score (nSPS) is 10.5. The van der Waals surface area contributed by atoms with E-state index in [0.717, 1.165) is 27.9 Å². The molecule has 0 unspecified atom stereocenters. The maximum Gasteiger partial charge on any atom is 0.257 e. The zero-order chi connectivity index (χ0) is 17.6. The monoisotopic (exact) mass is 416 g/mol. The molecule has 3 aromatic rings. The van der Waals surface area contributed by atoms with Crippen LogP contribution in [0.1, 0.15) is 23.7 Å². The molecule has 3 rings (SSSR count). The predicted octanol–water partition coefficient (Wildman–Crippen LogP) is 5.61. The number of hydrogen-bond acceptors (Lipinski definition) is 4. The zero-order valence-corrected chi connectivity index (χ0v) is 16.1. The average molecular weight is 417 g/mol. The molecule has 0 atom stereocenters. The summed E-state index contributed by atoms with van der Waals surface area (Å²) in [6.07, 6.45) is 0.981. The van der Waals surface area contributed by atoms with E-state index in [1.165, 1.54) is 11.3 Å². The molecule has 128 valence electrons. The van der Waals surface area contributed by atoms with E-state index >= 15 is 0 Å². The van der Waals surface area contributed by atoms with Gasteiger partial charge in [-0.15, -0.1) is 11.3 Å². The van der Waals surface area contributed by atoms with Gasteiger partial charge >= 0.3 is 0 Å². The fourth-order valence-electron chi connectivity index (χ4n) is 2.20. The summed E-state index contributed by atoms with van der Waals surface area (Å²) in [4.78, 5) is 16.8. The summed E-state index contributed by atoms with van der Waals surface area (Å²) in [5.74, 6) is 0.675. The van der Waals surface area contributed by atoms with Gasteiger partial charge in [0, 0.05) is 21.0 Å². The van der Waals surface area contributed by atoms with Gasteiger partial charge in [0.05, 0.1) is 12.3 Å². The van der Waals surface area contributed by atoms with E-state index in [2.05, 4.69) is 33.2 Å². The van der Waals surface area contributed by atoms with Crippen LogP contribution in [0.3, 0.4) is 0 Å². The Kier molecular flexibility index (Phi) is 5.83. The Morgan fingerprint density at radius 2 is 2.04 bits per heavy atom. The minimum atomic E-state index is -0.175. The zero-order valence-electron chi connectivity index (χ0n) is 13.7. The SMILES string of the molecule is CCCOc1ccc(-c2csc(NC(=O)c3cccc(Br)c3)n2)cc1. The lowest BCUT2D eigenvalue weighted by molar-refractivity contribution is 0.102. The molecule has 0 fully saturated rings. The highest BCUT2D eigenvalue weighted by Gasteiger charge is 2.10. The van der Waals surface area contributed by atoms with Crippen molar-refractivity contribution in [3.63, 3.8) is 0 Å². The molecule has 0 bridgehead atoms. The Hall–Kier alpha value is -2.18. The maximum atomic E-state index is 12.3. The van der Waals surface area contributed by atoms with Gasteiger partial charge < -0.3 is 4.74 Å². The number of benzene rings is 2. The molecule has 6 heteroatoms. The van der Waals surface area contributed by atoms with Gasteiger partial charge in [0.25, 0.3) is 5.91 Å². The number of anilines is 1. The van der Waals surface area contributed by atoms with E-state index < -0.39 is 0 Å². The van der Waals surface area contributed by atoms with Gasteiger partial charge in [-0.3, -0.25) is 10.1 Å². The summed E-state index contributed by atoms with van der Waals surface area (Å²) in [6, 6.07) is 15.1. The molecule has 0 aliphatic carbocycles. The second-order valence-electron chi connectivity index (χ2n) is 5.38. The van der Waals surface area contributed by atoms with Crippen molar-refractivity contribution in [2.75, 3.05) is 11.9 Å². The van der Waals surface area contributed by atoms with Crippen molar-refractivity contribution in [3.05, 3.63) is 63.9 Å². The van der Waals surface area contributed by atoms with Crippen LogP contribution in [0.25, 0.3) is 11.3 Å². The second-order valence-corrected chi connectivity index (χ2v) is 7.15. The fraction of sp³-hybridized carbons (Fsp3) is 0.158. The van der Waals surface area contributed by atoms with Crippen molar-refractivity contribution in [2.24, 2.45) is 0 Å². The van der Waals surface area contributed by atoms with Crippen LogP contribution in [0.15, 0.2) is 58.4 Å². The lowest BCUT2D eigenvalue weighted by Crippen LogP contribution is -2.11. The van der Waals surface area contributed by atoms with Crippen LogP contribution in [0.5, 0.6) is 5.75 Å². The summed E-state index contributed by atoms with van der Waals surface area (Å²) in [6.45, 7) is 2.79. The number of carbonyl (C=O) groups is 1. The number of hydrogen-bond donors (Lipinski definition) is 1. The molecular formula is C19H17BrN2O2S. The van der Waals surface area contributed by atoms with Gasteiger partial charge in [-0.2, -0.15) is 0 Å². The van der Waals surface area contributed by atoms with Crippen molar-refractivity contribution in [1.29, 1.82) is 0 Å². The van der Waals surface area contributed by atoms with Crippen LogP contribution < -0.4 is 10.1 Å². The molecule has 0 spiro atoms. The molecule has 1 amide bonds. The molecule has 0 saturated heterocycles.